The van der Waals surface area contributed by atoms with Crippen LogP contribution in [0.5, 0.6) is 0 Å². The van der Waals surface area contributed by atoms with Crippen LogP contribution in [0, 0.1) is 11.7 Å². The van der Waals surface area contributed by atoms with Crippen molar-refractivity contribution in [3.8, 4) is 0 Å². The maximum absolute atomic E-state index is 14.5. The Bertz CT molecular complexity index is 568. The standard InChI is InChI=1S/C17H21FN2O2/c18-15-10-13(14-2-1-7-19-17(14)22)3-4-16(15)20-8-5-12(11-21)6-9-20/h3-4,10-12,14H,1-2,5-9H2,(H,19,22). The van der Waals surface area contributed by atoms with Gasteiger partial charge in [0.15, 0.2) is 0 Å². The van der Waals surface area contributed by atoms with E-state index in [0.717, 1.165) is 37.5 Å². The van der Waals surface area contributed by atoms with Gasteiger partial charge in [-0.05, 0) is 43.4 Å². The molecule has 0 aliphatic carbocycles. The van der Waals surface area contributed by atoms with Crippen LogP contribution in [0.2, 0.25) is 0 Å². The molecule has 1 amide bonds. The summed E-state index contributed by atoms with van der Waals surface area (Å²) in [6.07, 6.45) is 4.25. The van der Waals surface area contributed by atoms with Gasteiger partial charge < -0.3 is 15.0 Å². The highest BCUT2D eigenvalue weighted by Crippen LogP contribution is 2.30. The number of anilines is 1. The van der Waals surface area contributed by atoms with Crippen LogP contribution in [0.15, 0.2) is 18.2 Å². The summed E-state index contributed by atoms with van der Waals surface area (Å²) in [7, 11) is 0. The molecule has 2 heterocycles. The average molecular weight is 304 g/mol. The van der Waals surface area contributed by atoms with Crippen molar-refractivity contribution < 1.29 is 14.0 Å². The van der Waals surface area contributed by atoms with Crippen molar-refractivity contribution in [3.63, 3.8) is 0 Å². The number of carbonyl (C=O) groups is 2. The van der Waals surface area contributed by atoms with Gasteiger partial charge in [-0.2, -0.15) is 0 Å². The molecule has 1 unspecified atom stereocenters. The van der Waals surface area contributed by atoms with Gasteiger partial charge in [-0.3, -0.25) is 4.79 Å². The number of nitrogens with one attached hydrogen (secondary N) is 1. The van der Waals surface area contributed by atoms with E-state index < -0.39 is 0 Å². The molecule has 2 aliphatic heterocycles. The lowest BCUT2D eigenvalue weighted by atomic mass is 9.90. The van der Waals surface area contributed by atoms with Crippen molar-refractivity contribution in [2.45, 2.75) is 31.6 Å². The fraction of sp³-hybridized carbons (Fsp3) is 0.529. The zero-order valence-corrected chi connectivity index (χ0v) is 12.6. The quantitative estimate of drug-likeness (QED) is 0.871. The molecule has 0 aromatic heterocycles. The van der Waals surface area contributed by atoms with Gasteiger partial charge in [0, 0.05) is 25.6 Å². The Morgan fingerprint density at radius 2 is 2.00 bits per heavy atom. The van der Waals surface area contributed by atoms with Crippen LogP contribution < -0.4 is 10.2 Å². The predicted molar refractivity (Wildman–Crippen MR) is 82.4 cm³/mol. The topological polar surface area (TPSA) is 49.4 Å². The molecule has 1 atom stereocenters. The Hall–Kier alpha value is -1.91. The molecule has 0 saturated carbocycles. The molecule has 2 fully saturated rings. The summed E-state index contributed by atoms with van der Waals surface area (Å²) in [5.41, 5.74) is 1.32. The van der Waals surface area contributed by atoms with E-state index in [0.29, 0.717) is 25.3 Å². The Labute approximate surface area is 129 Å². The van der Waals surface area contributed by atoms with Crippen molar-refractivity contribution in [3.05, 3.63) is 29.6 Å². The molecule has 4 nitrogen and oxygen atoms in total. The molecule has 2 saturated heterocycles. The van der Waals surface area contributed by atoms with Crippen molar-refractivity contribution in [2.24, 2.45) is 5.92 Å². The lowest BCUT2D eigenvalue weighted by molar-refractivity contribution is -0.123. The fourth-order valence-electron chi connectivity index (χ4n) is 3.36. The number of carbonyl (C=O) groups excluding carboxylic acids is 2. The van der Waals surface area contributed by atoms with Crippen LogP contribution in [0.3, 0.4) is 0 Å². The van der Waals surface area contributed by atoms with Crippen molar-refractivity contribution in [1.82, 2.24) is 5.32 Å². The van der Waals surface area contributed by atoms with Gasteiger partial charge in [-0.1, -0.05) is 6.07 Å². The van der Waals surface area contributed by atoms with Crippen LogP contribution in [0.4, 0.5) is 10.1 Å². The molecule has 1 aromatic rings. The van der Waals surface area contributed by atoms with Crippen molar-refractivity contribution in [1.29, 1.82) is 0 Å². The van der Waals surface area contributed by atoms with Gasteiger partial charge in [-0.25, -0.2) is 4.39 Å². The van der Waals surface area contributed by atoms with Gasteiger partial charge in [-0.15, -0.1) is 0 Å². The number of benzene rings is 1. The summed E-state index contributed by atoms with van der Waals surface area (Å²) in [6, 6.07) is 5.13. The molecule has 1 aromatic carbocycles. The maximum atomic E-state index is 14.5. The lowest BCUT2D eigenvalue weighted by Gasteiger charge is -2.32. The minimum atomic E-state index is -0.277. The molecule has 3 rings (SSSR count). The maximum Gasteiger partial charge on any atom is 0.227 e. The normalized spacial score (nSPS) is 23.2. The second kappa shape index (κ2) is 6.46. The number of amides is 1. The zero-order chi connectivity index (χ0) is 15.5. The molecule has 0 radical (unpaired) electrons. The predicted octanol–water partition coefficient (Wildman–Crippen LogP) is 2.23. The van der Waals surface area contributed by atoms with E-state index >= 15 is 0 Å². The van der Waals surface area contributed by atoms with Crippen LogP contribution in [-0.2, 0) is 9.59 Å². The number of aldehydes is 1. The van der Waals surface area contributed by atoms with E-state index in [1.807, 2.05) is 11.0 Å². The first kappa shape index (κ1) is 15.0. The van der Waals surface area contributed by atoms with Crippen molar-refractivity contribution in [2.75, 3.05) is 24.5 Å². The summed E-state index contributed by atoms with van der Waals surface area (Å²) in [5.74, 6) is -0.423. The lowest BCUT2D eigenvalue weighted by Crippen LogP contribution is -2.36. The molecule has 5 heteroatoms. The third kappa shape index (κ3) is 2.98. The van der Waals surface area contributed by atoms with E-state index in [1.165, 1.54) is 6.07 Å². The Morgan fingerprint density at radius 1 is 1.23 bits per heavy atom. The van der Waals surface area contributed by atoms with Crippen LogP contribution in [0.1, 0.15) is 37.2 Å². The number of hydrogen-bond acceptors (Lipinski definition) is 3. The van der Waals surface area contributed by atoms with Crippen LogP contribution in [-0.4, -0.2) is 31.8 Å². The summed E-state index contributed by atoms with van der Waals surface area (Å²) in [6.45, 7) is 2.11. The highest BCUT2D eigenvalue weighted by Gasteiger charge is 2.26. The SMILES string of the molecule is O=CC1CCN(c2ccc(C3CCCNC3=O)cc2F)CC1. The Kier molecular flexibility index (Phi) is 4.41. The molecule has 0 spiro atoms. The minimum Gasteiger partial charge on any atom is -0.369 e. The number of halogens is 1. The van der Waals surface area contributed by atoms with Crippen LogP contribution >= 0.6 is 0 Å². The van der Waals surface area contributed by atoms with E-state index in [4.69, 9.17) is 0 Å². The highest BCUT2D eigenvalue weighted by molar-refractivity contribution is 5.84. The Morgan fingerprint density at radius 3 is 2.64 bits per heavy atom. The third-order valence-corrected chi connectivity index (χ3v) is 4.73. The van der Waals surface area contributed by atoms with E-state index in [1.54, 1.807) is 6.07 Å². The smallest absolute Gasteiger partial charge is 0.227 e. The van der Waals surface area contributed by atoms with E-state index in [-0.39, 0.29) is 23.6 Å². The Balaban J connectivity index is 1.75. The minimum absolute atomic E-state index is 0.00908. The zero-order valence-electron chi connectivity index (χ0n) is 12.6. The average Bonchev–Trinajstić information content (AvgIpc) is 2.55. The molecular weight excluding hydrogens is 283 g/mol. The van der Waals surface area contributed by atoms with Crippen LogP contribution in [0.25, 0.3) is 0 Å². The van der Waals surface area contributed by atoms with Gasteiger partial charge >= 0.3 is 0 Å². The molecular formula is C17H21FN2O2. The summed E-state index contributed by atoms with van der Waals surface area (Å²) in [4.78, 5) is 24.7. The molecule has 22 heavy (non-hydrogen) atoms. The van der Waals surface area contributed by atoms with Gasteiger partial charge in [0.25, 0.3) is 0 Å². The van der Waals surface area contributed by atoms with Gasteiger partial charge in [0.05, 0.1) is 11.6 Å². The van der Waals surface area contributed by atoms with Gasteiger partial charge in [0.1, 0.15) is 12.1 Å². The van der Waals surface area contributed by atoms with Crippen molar-refractivity contribution >= 4 is 17.9 Å². The number of piperidine rings is 2. The molecule has 118 valence electrons. The number of rotatable bonds is 3. The second-order valence-electron chi connectivity index (χ2n) is 6.16. The summed E-state index contributed by atoms with van der Waals surface area (Å²) in [5, 5.41) is 2.83. The summed E-state index contributed by atoms with van der Waals surface area (Å²) >= 11 is 0. The first-order valence-corrected chi connectivity index (χ1v) is 7.96. The monoisotopic (exact) mass is 304 g/mol. The van der Waals surface area contributed by atoms with E-state index in [9.17, 15) is 14.0 Å². The first-order chi connectivity index (χ1) is 10.7. The molecule has 2 aliphatic rings. The van der Waals surface area contributed by atoms with E-state index in [2.05, 4.69) is 5.32 Å². The fourth-order valence-corrected chi connectivity index (χ4v) is 3.36. The van der Waals surface area contributed by atoms with Gasteiger partial charge in [0.2, 0.25) is 5.91 Å². The second-order valence-corrected chi connectivity index (χ2v) is 6.16. The number of nitrogens with zero attached hydrogens (tertiary/aromatic N) is 1. The third-order valence-electron chi connectivity index (χ3n) is 4.73. The molecule has 1 N–H and O–H groups in total. The number of hydrogen-bond donors (Lipinski definition) is 1. The highest BCUT2D eigenvalue weighted by atomic mass is 19.1. The molecule has 0 bridgehead atoms. The summed E-state index contributed by atoms with van der Waals surface area (Å²) < 4.78 is 14.5. The largest absolute Gasteiger partial charge is 0.369 e. The first-order valence-electron chi connectivity index (χ1n) is 7.96.